The number of hydrogen-bond acceptors (Lipinski definition) is 4. The Kier molecular flexibility index (Phi) is 5.19. The number of ether oxygens (including phenoxy) is 1. The number of morpholine rings is 1. The van der Waals surface area contributed by atoms with Gasteiger partial charge in [-0.3, -0.25) is 9.36 Å². The van der Waals surface area contributed by atoms with Crippen molar-refractivity contribution in [2.75, 3.05) is 19.8 Å². The van der Waals surface area contributed by atoms with Crippen molar-refractivity contribution in [2.45, 2.75) is 19.9 Å². The van der Waals surface area contributed by atoms with Crippen LogP contribution in [-0.2, 0) is 4.74 Å². The third kappa shape index (κ3) is 3.54. The van der Waals surface area contributed by atoms with E-state index in [1.165, 1.54) is 6.07 Å². The second-order valence-electron chi connectivity index (χ2n) is 8.09. The van der Waals surface area contributed by atoms with E-state index in [0.717, 1.165) is 16.5 Å². The second-order valence-corrected chi connectivity index (χ2v) is 8.09. The number of aromatic nitrogens is 3. The zero-order valence-corrected chi connectivity index (χ0v) is 18.0. The van der Waals surface area contributed by atoms with Crippen LogP contribution in [0.1, 0.15) is 22.8 Å². The van der Waals surface area contributed by atoms with E-state index >= 15 is 0 Å². The van der Waals surface area contributed by atoms with E-state index < -0.39 is 0 Å². The number of aryl methyl sites for hydroxylation is 1. The van der Waals surface area contributed by atoms with Gasteiger partial charge in [-0.05, 0) is 37.6 Å². The van der Waals surface area contributed by atoms with Crippen molar-refractivity contribution < 1.29 is 13.9 Å². The number of rotatable bonds is 3. The van der Waals surface area contributed by atoms with Crippen molar-refractivity contribution in [1.29, 1.82) is 0 Å². The van der Waals surface area contributed by atoms with E-state index in [-0.39, 0.29) is 17.8 Å². The molecule has 1 unspecified atom stereocenters. The maximum atomic E-state index is 14.1. The number of fused-ring (bicyclic) bond motifs is 1. The molecule has 0 radical (unpaired) electrons. The molecule has 1 atom stereocenters. The molecule has 0 saturated carbocycles. The van der Waals surface area contributed by atoms with Crippen LogP contribution in [0.4, 0.5) is 4.39 Å². The normalized spacial score (nSPS) is 16.5. The molecule has 32 heavy (non-hydrogen) atoms. The fourth-order valence-electron chi connectivity index (χ4n) is 4.17. The Bertz CT molecular complexity index is 1300. The fraction of sp³-hybridized carbons (Fsp3) is 0.240. The molecule has 6 nitrogen and oxygen atoms in total. The first-order chi connectivity index (χ1) is 15.5. The fourth-order valence-corrected chi connectivity index (χ4v) is 4.17. The summed E-state index contributed by atoms with van der Waals surface area (Å²) in [4.78, 5) is 23.9. The average molecular weight is 430 g/mol. The first-order valence-electron chi connectivity index (χ1n) is 10.6. The third-order valence-electron chi connectivity index (χ3n) is 5.92. The molecule has 1 saturated heterocycles. The highest BCUT2D eigenvalue weighted by Crippen LogP contribution is 2.27. The summed E-state index contributed by atoms with van der Waals surface area (Å²) in [5, 5.41) is 1.03. The van der Waals surface area contributed by atoms with Gasteiger partial charge in [-0.2, -0.15) is 0 Å². The first-order valence-corrected chi connectivity index (χ1v) is 10.6. The summed E-state index contributed by atoms with van der Waals surface area (Å²) in [5.74, 6) is 0.142. The minimum Gasteiger partial charge on any atom is -0.377 e. The van der Waals surface area contributed by atoms with Crippen LogP contribution in [0.2, 0.25) is 0 Å². The van der Waals surface area contributed by atoms with Crippen molar-refractivity contribution >= 4 is 16.8 Å². The lowest BCUT2D eigenvalue weighted by Gasteiger charge is -2.33. The number of nitrogens with zero attached hydrogens (tertiary/aromatic N) is 4. The van der Waals surface area contributed by atoms with Crippen LogP contribution in [-0.4, -0.2) is 51.1 Å². The Labute approximate surface area is 185 Å². The Hall–Kier alpha value is -3.58. The molecule has 0 N–H and O–H groups in total. The van der Waals surface area contributed by atoms with Gasteiger partial charge in [0.1, 0.15) is 5.82 Å². The lowest BCUT2D eigenvalue weighted by Crippen LogP contribution is -2.47. The minimum atomic E-state index is -0.313. The van der Waals surface area contributed by atoms with Gasteiger partial charge in [0, 0.05) is 47.2 Å². The van der Waals surface area contributed by atoms with Gasteiger partial charge >= 0.3 is 0 Å². The van der Waals surface area contributed by atoms with Crippen LogP contribution in [0.25, 0.3) is 28.0 Å². The van der Waals surface area contributed by atoms with Gasteiger partial charge in [0.2, 0.25) is 5.95 Å². The smallest absolute Gasteiger partial charge is 0.254 e. The summed E-state index contributed by atoms with van der Waals surface area (Å²) in [7, 11) is 0. The Morgan fingerprint density at radius 3 is 2.69 bits per heavy atom. The molecule has 1 aliphatic heterocycles. The lowest BCUT2D eigenvalue weighted by molar-refractivity contribution is 0.00360. The number of hydrogen-bond donors (Lipinski definition) is 0. The van der Waals surface area contributed by atoms with Crippen molar-refractivity contribution in [3.05, 3.63) is 78.0 Å². The molecule has 0 spiro atoms. The summed E-state index contributed by atoms with van der Waals surface area (Å²) < 4.78 is 21.4. The minimum absolute atomic E-state index is 0.0103. The SMILES string of the molecule is Cc1cn(-c2ncc(-c3ccccc3F)cn2)c2cc(C(=O)N3CCOCC3C)ccc12. The van der Waals surface area contributed by atoms with Gasteiger partial charge in [-0.15, -0.1) is 0 Å². The van der Waals surface area contributed by atoms with Gasteiger partial charge in [-0.1, -0.05) is 24.3 Å². The van der Waals surface area contributed by atoms with Crippen LogP contribution in [0.15, 0.2) is 61.1 Å². The molecule has 1 fully saturated rings. The summed E-state index contributed by atoms with van der Waals surface area (Å²) in [5.41, 5.74) is 3.60. The molecule has 3 heterocycles. The molecule has 2 aromatic carbocycles. The Morgan fingerprint density at radius 2 is 1.94 bits per heavy atom. The molecule has 162 valence electrons. The highest BCUT2D eigenvalue weighted by Gasteiger charge is 2.25. The summed E-state index contributed by atoms with van der Waals surface area (Å²) >= 11 is 0. The van der Waals surface area contributed by atoms with Crippen molar-refractivity contribution in [1.82, 2.24) is 19.4 Å². The highest BCUT2D eigenvalue weighted by molar-refractivity contribution is 5.99. The van der Waals surface area contributed by atoms with Gasteiger partial charge in [0.25, 0.3) is 5.91 Å². The largest absolute Gasteiger partial charge is 0.377 e. The molecule has 4 aromatic rings. The van der Waals surface area contributed by atoms with E-state index in [1.807, 2.05) is 47.7 Å². The van der Waals surface area contributed by atoms with Crippen LogP contribution in [0.3, 0.4) is 0 Å². The van der Waals surface area contributed by atoms with Crippen molar-refractivity contribution in [2.24, 2.45) is 0 Å². The third-order valence-corrected chi connectivity index (χ3v) is 5.92. The van der Waals surface area contributed by atoms with Crippen molar-refractivity contribution in [3.8, 4) is 17.1 Å². The van der Waals surface area contributed by atoms with Gasteiger partial charge in [-0.25, -0.2) is 14.4 Å². The van der Waals surface area contributed by atoms with Crippen LogP contribution in [0, 0.1) is 12.7 Å². The predicted molar refractivity (Wildman–Crippen MR) is 120 cm³/mol. The highest BCUT2D eigenvalue weighted by atomic mass is 19.1. The van der Waals surface area contributed by atoms with E-state index in [2.05, 4.69) is 9.97 Å². The molecule has 0 bridgehead atoms. The number of amides is 1. The molecule has 1 aliphatic rings. The molecule has 0 aliphatic carbocycles. The van der Waals surface area contributed by atoms with Crippen LogP contribution < -0.4 is 0 Å². The van der Waals surface area contributed by atoms with E-state index in [0.29, 0.717) is 42.4 Å². The predicted octanol–water partition coefficient (Wildman–Crippen LogP) is 4.40. The van der Waals surface area contributed by atoms with Crippen molar-refractivity contribution in [3.63, 3.8) is 0 Å². The van der Waals surface area contributed by atoms with Crippen LogP contribution >= 0.6 is 0 Å². The summed E-state index contributed by atoms with van der Waals surface area (Å²) in [6, 6.07) is 12.3. The number of benzene rings is 2. The van der Waals surface area contributed by atoms with Gasteiger partial charge < -0.3 is 9.64 Å². The maximum absolute atomic E-state index is 14.1. The molecule has 2 aromatic heterocycles. The average Bonchev–Trinajstić information content (AvgIpc) is 3.15. The second kappa shape index (κ2) is 8.16. The summed E-state index contributed by atoms with van der Waals surface area (Å²) in [6.07, 6.45) is 5.19. The van der Waals surface area contributed by atoms with Gasteiger partial charge in [0.15, 0.2) is 0 Å². The molecule has 7 heteroatoms. The van der Waals surface area contributed by atoms with E-state index in [9.17, 15) is 9.18 Å². The molecule has 5 rings (SSSR count). The maximum Gasteiger partial charge on any atom is 0.254 e. The standard InChI is InChI=1S/C25H23FN4O2/c1-16-14-30(25-27-12-19(13-28-25)21-5-3-4-6-22(21)26)23-11-18(7-8-20(16)23)24(31)29-9-10-32-15-17(29)2/h3-8,11-14,17H,9-10,15H2,1-2H3. The molecular formula is C25H23FN4O2. The quantitative estimate of drug-likeness (QED) is 0.484. The Morgan fingerprint density at radius 1 is 1.16 bits per heavy atom. The van der Waals surface area contributed by atoms with Crippen LogP contribution in [0.5, 0.6) is 0 Å². The topological polar surface area (TPSA) is 60.2 Å². The monoisotopic (exact) mass is 430 g/mol. The van der Waals surface area contributed by atoms with E-state index in [1.54, 1.807) is 30.6 Å². The number of carbonyl (C=O) groups is 1. The number of carbonyl (C=O) groups excluding carboxylic acids is 1. The summed E-state index contributed by atoms with van der Waals surface area (Å²) in [6.45, 7) is 5.69. The molecule has 1 amide bonds. The molecular weight excluding hydrogens is 407 g/mol. The first kappa shape index (κ1) is 20.3. The lowest BCUT2D eigenvalue weighted by atomic mass is 10.1. The van der Waals surface area contributed by atoms with Gasteiger partial charge in [0.05, 0.1) is 24.8 Å². The van der Waals surface area contributed by atoms with E-state index in [4.69, 9.17) is 4.74 Å². The number of halogens is 1. The zero-order valence-electron chi connectivity index (χ0n) is 18.0. The zero-order chi connectivity index (χ0) is 22.2. The Balaban J connectivity index is 1.52.